The molecular weight excluding hydrogens is 200 g/mol. The molecule has 0 unspecified atom stereocenters. The van der Waals surface area contributed by atoms with Crippen LogP contribution in [-0.4, -0.2) is 47.9 Å². The van der Waals surface area contributed by atoms with Gasteiger partial charge in [-0.05, 0) is 33.1 Å². The molecule has 1 rings (SSSR count). The lowest BCUT2D eigenvalue weighted by Gasteiger charge is -2.38. The topological polar surface area (TPSA) is 23.6 Å². The summed E-state index contributed by atoms with van der Waals surface area (Å²) < 4.78 is 0. The Labute approximate surface area is 99.8 Å². The molecule has 0 radical (unpaired) electrons. The predicted octanol–water partition coefficient (Wildman–Crippen LogP) is 2.12. The SMILES string of the molecule is CCCC(=O)N(C)C1CCN(C(C)C)CC1. The van der Waals surface area contributed by atoms with Crippen molar-refractivity contribution in [3.05, 3.63) is 0 Å². The number of hydrogen-bond acceptors (Lipinski definition) is 2. The van der Waals surface area contributed by atoms with Gasteiger partial charge in [-0.3, -0.25) is 4.79 Å². The maximum absolute atomic E-state index is 11.8. The van der Waals surface area contributed by atoms with E-state index in [0.29, 0.717) is 24.4 Å². The van der Waals surface area contributed by atoms with Gasteiger partial charge in [-0.1, -0.05) is 6.92 Å². The first-order valence-electron chi connectivity index (χ1n) is 6.56. The fraction of sp³-hybridized carbons (Fsp3) is 0.923. The number of likely N-dealkylation sites (tertiary alicyclic amines) is 1. The highest BCUT2D eigenvalue weighted by Gasteiger charge is 2.25. The van der Waals surface area contributed by atoms with Crippen molar-refractivity contribution in [1.29, 1.82) is 0 Å². The molecule has 3 nitrogen and oxygen atoms in total. The van der Waals surface area contributed by atoms with E-state index in [1.807, 2.05) is 11.9 Å². The lowest BCUT2D eigenvalue weighted by molar-refractivity contribution is -0.132. The largest absolute Gasteiger partial charge is 0.343 e. The molecular formula is C13H26N2O. The monoisotopic (exact) mass is 226 g/mol. The van der Waals surface area contributed by atoms with Gasteiger partial charge in [-0.2, -0.15) is 0 Å². The van der Waals surface area contributed by atoms with Crippen LogP contribution in [0.3, 0.4) is 0 Å². The van der Waals surface area contributed by atoms with E-state index < -0.39 is 0 Å². The molecule has 0 saturated carbocycles. The summed E-state index contributed by atoms with van der Waals surface area (Å²) in [6, 6.07) is 1.10. The average molecular weight is 226 g/mol. The summed E-state index contributed by atoms with van der Waals surface area (Å²) in [4.78, 5) is 16.2. The molecule has 0 aromatic carbocycles. The maximum Gasteiger partial charge on any atom is 0.222 e. The van der Waals surface area contributed by atoms with Crippen molar-refractivity contribution >= 4 is 5.91 Å². The van der Waals surface area contributed by atoms with Crippen molar-refractivity contribution in [1.82, 2.24) is 9.80 Å². The quantitative estimate of drug-likeness (QED) is 0.733. The number of carbonyl (C=O) groups excluding carboxylic acids is 1. The zero-order valence-electron chi connectivity index (χ0n) is 11.2. The van der Waals surface area contributed by atoms with Gasteiger partial charge in [0, 0.05) is 38.6 Å². The smallest absolute Gasteiger partial charge is 0.222 e. The molecule has 1 aliphatic rings. The van der Waals surface area contributed by atoms with Gasteiger partial charge in [0.2, 0.25) is 5.91 Å². The minimum atomic E-state index is 0.311. The van der Waals surface area contributed by atoms with Crippen LogP contribution in [0.15, 0.2) is 0 Å². The molecule has 0 spiro atoms. The van der Waals surface area contributed by atoms with Crippen molar-refractivity contribution in [2.45, 2.75) is 58.5 Å². The van der Waals surface area contributed by atoms with Crippen LogP contribution in [0.25, 0.3) is 0 Å². The van der Waals surface area contributed by atoms with Crippen LogP contribution in [0.5, 0.6) is 0 Å². The van der Waals surface area contributed by atoms with Gasteiger partial charge >= 0.3 is 0 Å². The second-order valence-electron chi connectivity index (χ2n) is 5.12. The molecule has 1 amide bonds. The second-order valence-corrected chi connectivity index (χ2v) is 5.12. The highest BCUT2D eigenvalue weighted by molar-refractivity contribution is 5.76. The van der Waals surface area contributed by atoms with Crippen molar-refractivity contribution < 1.29 is 4.79 Å². The molecule has 94 valence electrons. The average Bonchev–Trinajstić information content (AvgIpc) is 2.28. The van der Waals surface area contributed by atoms with E-state index >= 15 is 0 Å². The molecule has 1 fully saturated rings. The number of piperidine rings is 1. The van der Waals surface area contributed by atoms with Crippen molar-refractivity contribution in [2.24, 2.45) is 0 Å². The van der Waals surface area contributed by atoms with E-state index in [4.69, 9.17) is 0 Å². The van der Waals surface area contributed by atoms with Gasteiger partial charge in [0.1, 0.15) is 0 Å². The van der Waals surface area contributed by atoms with Crippen molar-refractivity contribution in [3.8, 4) is 0 Å². The number of nitrogens with zero attached hydrogens (tertiary/aromatic N) is 2. The van der Waals surface area contributed by atoms with Gasteiger partial charge in [-0.15, -0.1) is 0 Å². The van der Waals surface area contributed by atoms with Gasteiger partial charge in [-0.25, -0.2) is 0 Å². The normalized spacial score (nSPS) is 19.1. The van der Waals surface area contributed by atoms with Crippen LogP contribution in [-0.2, 0) is 4.79 Å². The highest BCUT2D eigenvalue weighted by atomic mass is 16.2. The molecule has 1 heterocycles. The van der Waals surface area contributed by atoms with Crippen LogP contribution in [0, 0.1) is 0 Å². The van der Waals surface area contributed by atoms with Gasteiger partial charge < -0.3 is 9.80 Å². The number of carbonyl (C=O) groups is 1. The summed E-state index contributed by atoms with van der Waals surface area (Å²) in [5.41, 5.74) is 0. The predicted molar refractivity (Wildman–Crippen MR) is 67.4 cm³/mol. The van der Waals surface area contributed by atoms with Crippen LogP contribution in [0.4, 0.5) is 0 Å². The lowest BCUT2D eigenvalue weighted by atomic mass is 10.0. The lowest BCUT2D eigenvalue weighted by Crippen LogP contribution is -2.47. The standard InChI is InChI=1S/C13H26N2O/c1-5-6-13(16)14(4)12-7-9-15(10-8-12)11(2)3/h11-12H,5-10H2,1-4H3. The fourth-order valence-corrected chi connectivity index (χ4v) is 2.38. The zero-order valence-corrected chi connectivity index (χ0v) is 11.2. The Hall–Kier alpha value is -0.570. The molecule has 0 aliphatic carbocycles. The summed E-state index contributed by atoms with van der Waals surface area (Å²) in [5, 5.41) is 0. The molecule has 0 bridgehead atoms. The molecule has 0 atom stereocenters. The number of amides is 1. The number of hydrogen-bond donors (Lipinski definition) is 0. The van der Waals surface area contributed by atoms with Crippen LogP contribution < -0.4 is 0 Å². The van der Waals surface area contributed by atoms with E-state index in [0.717, 1.165) is 32.4 Å². The van der Waals surface area contributed by atoms with E-state index in [2.05, 4.69) is 25.7 Å². The van der Waals surface area contributed by atoms with Gasteiger partial charge in [0.25, 0.3) is 0 Å². The van der Waals surface area contributed by atoms with Crippen LogP contribution in [0.1, 0.15) is 46.5 Å². The van der Waals surface area contributed by atoms with Crippen LogP contribution >= 0.6 is 0 Å². The Morgan fingerprint density at radius 3 is 2.38 bits per heavy atom. The third-order valence-electron chi connectivity index (χ3n) is 3.63. The highest BCUT2D eigenvalue weighted by Crippen LogP contribution is 2.17. The summed E-state index contributed by atoms with van der Waals surface area (Å²) in [7, 11) is 1.97. The van der Waals surface area contributed by atoms with Crippen molar-refractivity contribution in [2.75, 3.05) is 20.1 Å². The second kappa shape index (κ2) is 6.24. The first-order valence-corrected chi connectivity index (χ1v) is 6.56. The summed E-state index contributed by atoms with van der Waals surface area (Å²) >= 11 is 0. The molecule has 16 heavy (non-hydrogen) atoms. The molecule has 3 heteroatoms. The molecule has 0 N–H and O–H groups in total. The fourth-order valence-electron chi connectivity index (χ4n) is 2.38. The minimum absolute atomic E-state index is 0.311. The van der Waals surface area contributed by atoms with E-state index in [9.17, 15) is 4.79 Å². The molecule has 1 aliphatic heterocycles. The third-order valence-corrected chi connectivity index (χ3v) is 3.63. The van der Waals surface area contributed by atoms with E-state index in [1.54, 1.807) is 0 Å². The van der Waals surface area contributed by atoms with E-state index in [1.165, 1.54) is 0 Å². The first kappa shape index (κ1) is 13.5. The summed E-state index contributed by atoms with van der Waals surface area (Å²) in [6.07, 6.45) is 3.91. The van der Waals surface area contributed by atoms with Crippen molar-refractivity contribution in [3.63, 3.8) is 0 Å². The molecule has 1 saturated heterocycles. The molecule has 0 aromatic heterocycles. The Bertz CT molecular complexity index is 220. The van der Waals surface area contributed by atoms with Gasteiger partial charge in [0.15, 0.2) is 0 Å². The summed E-state index contributed by atoms with van der Waals surface area (Å²) in [5.74, 6) is 0.311. The van der Waals surface area contributed by atoms with Crippen LogP contribution in [0.2, 0.25) is 0 Å². The van der Waals surface area contributed by atoms with Gasteiger partial charge in [0.05, 0.1) is 0 Å². The summed E-state index contributed by atoms with van der Waals surface area (Å²) in [6.45, 7) is 8.81. The Balaban J connectivity index is 2.38. The first-order chi connectivity index (χ1) is 7.56. The minimum Gasteiger partial charge on any atom is -0.343 e. The Kier molecular flexibility index (Phi) is 5.26. The Morgan fingerprint density at radius 2 is 1.94 bits per heavy atom. The number of rotatable bonds is 4. The Morgan fingerprint density at radius 1 is 1.38 bits per heavy atom. The third kappa shape index (κ3) is 3.48. The van der Waals surface area contributed by atoms with E-state index in [-0.39, 0.29) is 0 Å². The maximum atomic E-state index is 11.8. The zero-order chi connectivity index (χ0) is 12.1. The molecule has 0 aromatic rings.